The zero-order valence-corrected chi connectivity index (χ0v) is 13.1. The van der Waals surface area contributed by atoms with Crippen molar-refractivity contribution in [2.24, 2.45) is 0 Å². The van der Waals surface area contributed by atoms with Crippen LogP contribution in [0.4, 0.5) is 0 Å². The van der Waals surface area contributed by atoms with Gasteiger partial charge in [-0.2, -0.15) is 9.57 Å². The fourth-order valence-corrected chi connectivity index (χ4v) is 4.35. The molecule has 0 N–H and O–H groups in total. The second-order valence-corrected chi connectivity index (χ2v) is 7.42. The third kappa shape index (κ3) is 3.26. The average Bonchev–Trinajstić information content (AvgIpc) is 2.46. The molecule has 0 aliphatic heterocycles. The summed E-state index contributed by atoms with van der Waals surface area (Å²) in [5.41, 5.74) is 0.310. The Balaban J connectivity index is 2.29. The van der Waals surface area contributed by atoms with Gasteiger partial charge in [0.1, 0.15) is 10.7 Å². The summed E-state index contributed by atoms with van der Waals surface area (Å²) >= 11 is 5.99. The minimum atomic E-state index is -3.73. The van der Waals surface area contributed by atoms with Crippen molar-refractivity contribution < 1.29 is 13.2 Å². The van der Waals surface area contributed by atoms with E-state index < -0.39 is 10.0 Å². The molecular formula is C14H15ClN2O3S. The molecule has 0 spiro atoms. The van der Waals surface area contributed by atoms with Gasteiger partial charge in [-0.1, -0.05) is 11.6 Å². The molecule has 7 heteroatoms. The Kier molecular flexibility index (Phi) is 4.67. The Morgan fingerprint density at radius 1 is 1.33 bits per heavy atom. The molecule has 0 amide bonds. The van der Waals surface area contributed by atoms with Crippen LogP contribution in [0.5, 0.6) is 0 Å². The van der Waals surface area contributed by atoms with Crippen LogP contribution in [0.3, 0.4) is 0 Å². The van der Waals surface area contributed by atoms with Gasteiger partial charge in [0.25, 0.3) is 0 Å². The summed E-state index contributed by atoms with van der Waals surface area (Å²) < 4.78 is 26.5. The fraction of sp³-hybridized carbons (Fsp3) is 0.429. The monoisotopic (exact) mass is 326 g/mol. The quantitative estimate of drug-likeness (QED) is 0.854. The molecule has 1 aromatic rings. The molecule has 21 heavy (non-hydrogen) atoms. The van der Waals surface area contributed by atoms with Gasteiger partial charge in [0.05, 0.1) is 16.7 Å². The van der Waals surface area contributed by atoms with Crippen LogP contribution in [-0.4, -0.2) is 31.6 Å². The van der Waals surface area contributed by atoms with E-state index in [1.165, 1.54) is 29.6 Å². The molecule has 2 rings (SSSR count). The average molecular weight is 327 g/mol. The number of Topliss-reactive ketones (excluding diaryl/α,β-unsaturated/α-hetero) is 1. The predicted octanol–water partition coefficient (Wildman–Crippen LogP) is 2.34. The summed E-state index contributed by atoms with van der Waals surface area (Å²) in [6.45, 7) is 0. The van der Waals surface area contributed by atoms with Crippen molar-refractivity contribution >= 4 is 27.4 Å². The van der Waals surface area contributed by atoms with Gasteiger partial charge in [-0.25, -0.2) is 8.42 Å². The number of carbonyl (C=O) groups excluding carboxylic acids is 1. The first kappa shape index (κ1) is 16.0. The van der Waals surface area contributed by atoms with Crippen LogP contribution in [0, 0.1) is 11.3 Å². The van der Waals surface area contributed by atoms with Crippen LogP contribution < -0.4 is 0 Å². The van der Waals surface area contributed by atoms with Crippen molar-refractivity contribution in [1.29, 1.82) is 5.26 Å². The summed E-state index contributed by atoms with van der Waals surface area (Å²) in [7, 11) is -2.23. The van der Waals surface area contributed by atoms with Crippen molar-refractivity contribution in [2.45, 2.75) is 36.6 Å². The van der Waals surface area contributed by atoms with Gasteiger partial charge in [-0.15, -0.1) is 0 Å². The second-order valence-electron chi connectivity index (χ2n) is 5.05. The van der Waals surface area contributed by atoms with E-state index >= 15 is 0 Å². The number of hydrogen-bond donors (Lipinski definition) is 0. The highest BCUT2D eigenvalue weighted by atomic mass is 35.5. The van der Waals surface area contributed by atoms with Crippen molar-refractivity contribution in [3.63, 3.8) is 0 Å². The van der Waals surface area contributed by atoms with Crippen molar-refractivity contribution in [2.75, 3.05) is 7.05 Å². The number of carbonyl (C=O) groups is 1. The topological polar surface area (TPSA) is 78.2 Å². The molecule has 0 heterocycles. The number of benzene rings is 1. The number of sulfonamides is 1. The van der Waals surface area contributed by atoms with E-state index in [0.29, 0.717) is 31.2 Å². The van der Waals surface area contributed by atoms with E-state index in [2.05, 4.69) is 0 Å². The number of hydrogen-bond acceptors (Lipinski definition) is 4. The van der Waals surface area contributed by atoms with E-state index in [-0.39, 0.29) is 21.7 Å². The minimum Gasteiger partial charge on any atom is -0.300 e. The number of halogens is 1. The Hall–Kier alpha value is -1.42. The summed E-state index contributed by atoms with van der Waals surface area (Å²) in [6, 6.07) is 5.83. The van der Waals surface area contributed by atoms with Crippen LogP contribution in [0.2, 0.25) is 5.02 Å². The Morgan fingerprint density at radius 2 is 1.95 bits per heavy atom. The molecule has 1 aromatic carbocycles. The molecule has 0 bridgehead atoms. The SMILES string of the molecule is CN(C1CCC(=O)CC1)S(=O)(=O)c1ccc(C#N)cc1Cl. The van der Waals surface area contributed by atoms with Crippen molar-refractivity contribution in [3.05, 3.63) is 28.8 Å². The van der Waals surface area contributed by atoms with Crippen molar-refractivity contribution in [1.82, 2.24) is 4.31 Å². The van der Waals surface area contributed by atoms with Crippen LogP contribution in [0.15, 0.2) is 23.1 Å². The molecular weight excluding hydrogens is 312 g/mol. The van der Waals surface area contributed by atoms with E-state index in [1.54, 1.807) is 0 Å². The first-order valence-electron chi connectivity index (χ1n) is 6.55. The Morgan fingerprint density at radius 3 is 2.48 bits per heavy atom. The Labute approximate surface area is 129 Å². The second kappa shape index (κ2) is 6.14. The number of nitriles is 1. The van der Waals surface area contributed by atoms with Gasteiger partial charge in [-0.3, -0.25) is 4.79 Å². The molecule has 5 nitrogen and oxygen atoms in total. The normalized spacial score (nSPS) is 17.0. The molecule has 112 valence electrons. The summed E-state index contributed by atoms with van der Waals surface area (Å²) in [5, 5.41) is 8.83. The van der Waals surface area contributed by atoms with Crippen LogP contribution in [0.25, 0.3) is 0 Å². The molecule has 1 aliphatic rings. The lowest BCUT2D eigenvalue weighted by Crippen LogP contribution is -2.39. The Bertz CT molecular complexity index is 699. The van der Waals surface area contributed by atoms with Gasteiger partial charge in [0, 0.05) is 25.9 Å². The summed E-state index contributed by atoms with van der Waals surface area (Å²) in [6.07, 6.45) is 1.88. The lowest BCUT2D eigenvalue weighted by molar-refractivity contribution is -0.120. The minimum absolute atomic E-state index is 0.0115. The van der Waals surface area contributed by atoms with Crippen LogP contribution in [0.1, 0.15) is 31.2 Å². The highest BCUT2D eigenvalue weighted by Crippen LogP contribution is 2.29. The van der Waals surface area contributed by atoms with Crippen LogP contribution in [-0.2, 0) is 14.8 Å². The first-order chi connectivity index (χ1) is 9.86. The van der Waals surface area contributed by atoms with Gasteiger partial charge in [0.2, 0.25) is 10.0 Å². The molecule has 0 radical (unpaired) electrons. The zero-order chi connectivity index (χ0) is 15.6. The first-order valence-corrected chi connectivity index (χ1v) is 8.37. The largest absolute Gasteiger partial charge is 0.300 e. The molecule has 0 unspecified atom stereocenters. The standard InChI is InChI=1S/C14H15ClN2O3S/c1-17(11-3-5-12(18)6-4-11)21(19,20)14-7-2-10(9-16)8-13(14)15/h2,7-8,11H,3-6H2,1H3. The molecule has 1 fully saturated rings. The maximum absolute atomic E-state index is 12.6. The number of nitrogens with zero attached hydrogens (tertiary/aromatic N) is 2. The van der Waals surface area contributed by atoms with E-state index in [0.717, 1.165) is 0 Å². The van der Waals surface area contributed by atoms with Gasteiger partial charge in [0.15, 0.2) is 0 Å². The lowest BCUT2D eigenvalue weighted by Gasteiger charge is -2.30. The van der Waals surface area contributed by atoms with E-state index in [9.17, 15) is 13.2 Å². The lowest BCUT2D eigenvalue weighted by atomic mass is 9.95. The van der Waals surface area contributed by atoms with Gasteiger partial charge in [-0.05, 0) is 31.0 Å². The number of ketones is 1. The van der Waals surface area contributed by atoms with Crippen molar-refractivity contribution in [3.8, 4) is 6.07 Å². The molecule has 1 aliphatic carbocycles. The third-order valence-corrected chi connectivity index (χ3v) is 6.14. The van der Waals surface area contributed by atoms with Gasteiger partial charge < -0.3 is 0 Å². The third-order valence-electron chi connectivity index (χ3n) is 3.75. The summed E-state index contributed by atoms with van der Waals surface area (Å²) in [4.78, 5) is 11.2. The predicted molar refractivity (Wildman–Crippen MR) is 78.4 cm³/mol. The molecule has 1 saturated carbocycles. The highest BCUT2D eigenvalue weighted by molar-refractivity contribution is 7.89. The van der Waals surface area contributed by atoms with Gasteiger partial charge >= 0.3 is 0 Å². The summed E-state index contributed by atoms with van der Waals surface area (Å²) in [5.74, 6) is 0.174. The zero-order valence-electron chi connectivity index (χ0n) is 11.5. The van der Waals surface area contributed by atoms with Crippen LogP contribution >= 0.6 is 11.6 Å². The maximum atomic E-state index is 12.6. The molecule has 0 atom stereocenters. The highest BCUT2D eigenvalue weighted by Gasteiger charge is 2.32. The molecule has 0 saturated heterocycles. The van der Waals surface area contributed by atoms with E-state index in [1.807, 2.05) is 6.07 Å². The number of rotatable bonds is 3. The fourth-order valence-electron chi connectivity index (χ4n) is 2.42. The maximum Gasteiger partial charge on any atom is 0.244 e. The smallest absolute Gasteiger partial charge is 0.244 e. The van der Waals surface area contributed by atoms with E-state index in [4.69, 9.17) is 16.9 Å². The molecule has 0 aromatic heterocycles.